The molecule has 0 bridgehead atoms. The van der Waals surface area contributed by atoms with Crippen LogP contribution in [0.5, 0.6) is 0 Å². The number of benzene rings is 1. The molecule has 0 amide bonds. The second-order valence-corrected chi connectivity index (χ2v) is 4.62. The Kier molecular flexibility index (Phi) is 4.37. The fraction of sp³-hybridized carbons (Fsp3) is 0.571. The fourth-order valence-corrected chi connectivity index (χ4v) is 2.23. The van der Waals surface area contributed by atoms with Gasteiger partial charge in [-0.1, -0.05) is 36.8 Å². The average molecular weight is 219 g/mol. The highest BCUT2D eigenvalue weighted by atomic mass is 16.3. The van der Waals surface area contributed by atoms with Crippen LogP contribution in [0.3, 0.4) is 0 Å². The maximum Gasteiger partial charge on any atom is 0.0443 e. The van der Waals surface area contributed by atoms with E-state index in [0.717, 1.165) is 25.6 Å². The predicted octanol–water partition coefficient (Wildman–Crippen LogP) is 2.42. The van der Waals surface area contributed by atoms with Crippen molar-refractivity contribution in [3.05, 3.63) is 35.9 Å². The van der Waals surface area contributed by atoms with Crippen LogP contribution >= 0.6 is 0 Å². The van der Waals surface area contributed by atoms with Gasteiger partial charge >= 0.3 is 0 Å². The minimum Gasteiger partial charge on any atom is -0.396 e. The molecule has 2 rings (SSSR count). The van der Waals surface area contributed by atoms with Crippen molar-refractivity contribution >= 4 is 0 Å². The standard InChI is InChI=1S/C14H21NO/c16-11-5-10-15(14-8-4-9-14)12-13-6-2-1-3-7-13/h1-3,6-7,14,16H,4-5,8-12H2. The van der Waals surface area contributed by atoms with Crippen molar-refractivity contribution in [2.24, 2.45) is 0 Å². The molecule has 0 spiro atoms. The van der Waals surface area contributed by atoms with Crippen LogP contribution in [0.1, 0.15) is 31.2 Å². The van der Waals surface area contributed by atoms with Gasteiger partial charge in [-0.3, -0.25) is 4.90 Å². The lowest BCUT2D eigenvalue weighted by molar-refractivity contribution is 0.109. The summed E-state index contributed by atoms with van der Waals surface area (Å²) in [4.78, 5) is 2.52. The van der Waals surface area contributed by atoms with Gasteiger partial charge in [-0.15, -0.1) is 0 Å². The molecule has 0 atom stereocenters. The van der Waals surface area contributed by atoms with E-state index in [2.05, 4.69) is 35.2 Å². The molecule has 2 heteroatoms. The normalized spacial score (nSPS) is 16.4. The second-order valence-electron chi connectivity index (χ2n) is 4.62. The smallest absolute Gasteiger partial charge is 0.0443 e. The summed E-state index contributed by atoms with van der Waals surface area (Å²) in [7, 11) is 0. The summed E-state index contributed by atoms with van der Waals surface area (Å²) in [5.41, 5.74) is 1.38. The van der Waals surface area contributed by atoms with E-state index < -0.39 is 0 Å². The van der Waals surface area contributed by atoms with Crippen LogP contribution in [-0.2, 0) is 6.54 Å². The third kappa shape index (κ3) is 3.06. The van der Waals surface area contributed by atoms with Gasteiger partial charge in [0.25, 0.3) is 0 Å². The molecule has 0 saturated heterocycles. The van der Waals surface area contributed by atoms with Gasteiger partial charge < -0.3 is 5.11 Å². The lowest BCUT2D eigenvalue weighted by Crippen LogP contribution is -2.40. The first-order valence-corrected chi connectivity index (χ1v) is 6.29. The Hall–Kier alpha value is -0.860. The minimum absolute atomic E-state index is 0.304. The van der Waals surface area contributed by atoms with E-state index in [4.69, 9.17) is 5.11 Å². The van der Waals surface area contributed by atoms with E-state index in [9.17, 15) is 0 Å². The van der Waals surface area contributed by atoms with Crippen molar-refractivity contribution in [3.8, 4) is 0 Å². The molecule has 0 aromatic heterocycles. The highest BCUT2D eigenvalue weighted by Crippen LogP contribution is 2.26. The lowest BCUT2D eigenvalue weighted by Gasteiger charge is -2.37. The molecule has 1 aromatic rings. The van der Waals surface area contributed by atoms with Gasteiger partial charge in [-0.05, 0) is 24.8 Å². The lowest BCUT2D eigenvalue weighted by atomic mass is 9.91. The van der Waals surface area contributed by atoms with E-state index in [-0.39, 0.29) is 0 Å². The molecule has 0 aliphatic heterocycles. The molecule has 16 heavy (non-hydrogen) atoms. The number of nitrogens with zero attached hydrogens (tertiary/aromatic N) is 1. The summed E-state index contributed by atoms with van der Waals surface area (Å²) in [6.45, 7) is 2.36. The minimum atomic E-state index is 0.304. The zero-order chi connectivity index (χ0) is 11.2. The molecule has 88 valence electrons. The van der Waals surface area contributed by atoms with Crippen LogP contribution in [0, 0.1) is 0 Å². The molecular weight excluding hydrogens is 198 g/mol. The second kappa shape index (κ2) is 6.02. The number of aliphatic hydroxyl groups excluding tert-OH is 1. The van der Waals surface area contributed by atoms with Crippen molar-refractivity contribution < 1.29 is 5.11 Å². The number of hydrogen-bond acceptors (Lipinski definition) is 2. The summed E-state index contributed by atoms with van der Waals surface area (Å²) in [6.07, 6.45) is 4.93. The van der Waals surface area contributed by atoms with E-state index in [1.807, 2.05) is 0 Å². The van der Waals surface area contributed by atoms with E-state index in [1.54, 1.807) is 0 Å². The Morgan fingerprint density at radius 3 is 2.50 bits per heavy atom. The highest BCUT2D eigenvalue weighted by Gasteiger charge is 2.24. The number of rotatable bonds is 6. The van der Waals surface area contributed by atoms with Crippen molar-refractivity contribution in [1.29, 1.82) is 0 Å². The summed E-state index contributed by atoms with van der Waals surface area (Å²) in [5, 5.41) is 8.93. The molecule has 1 saturated carbocycles. The van der Waals surface area contributed by atoms with Gasteiger partial charge in [-0.2, -0.15) is 0 Å². The third-order valence-corrected chi connectivity index (χ3v) is 3.42. The monoisotopic (exact) mass is 219 g/mol. The van der Waals surface area contributed by atoms with Crippen molar-refractivity contribution in [3.63, 3.8) is 0 Å². The highest BCUT2D eigenvalue weighted by molar-refractivity contribution is 5.14. The molecule has 0 unspecified atom stereocenters. The van der Waals surface area contributed by atoms with Crippen LogP contribution in [0.15, 0.2) is 30.3 Å². The maximum atomic E-state index is 8.93. The van der Waals surface area contributed by atoms with Crippen LogP contribution in [0.2, 0.25) is 0 Å². The Labute approximate surface area is 97.9 Å². The van der Waals surface area contributed by atoms with Crippen LogP contribution in [-0.4, -0.2) is 29.2 Å². The van der Waals surface area contributed by atoms with Crippen LogP contribution in [0.25, 0.3) is 0 Å². The van der Waals surface area contributed by atoms with Crippen molar-refractivity contribution in [2.75, 3.05) is 13.2 Å². The van der Waals surface area contributed by atoms with Crippen molar-refractivity contribution in [1.82, 2.24) is 4.90 Å². The molecule has 1 fully saturated rings. The van der Waals surface area contributed by atoms with Crippen LogP contribution < -0.4 is 0 Å². The summed E-state index contributed by atoms with van der Waals surface area (Å²) in [6, 6.07) is 11.4. The first-order valence-electron chi connectivity index (χ1n) is 6.29. The quantitative estimate of drug-likeness (QED) is 0.794. The fourth-order valence-electron chi connectivity index (χ4n) is 2.23. The molecule has 1 aliphatic rings. The van der Waals surface area contributed by atoms with Gasteiger partial charge in [0.1, 0.15) is 0 Å². The summed E-state index contributed by atoms with van der Waals surface area (Å²) < 4.78 is 0. The van der Waals surface area contributed by atoms with Gasteiger partial charge in [0.15, 0.2) is 0 Å². The van der Waals surface area contributed by atoms with Gasteiger partial charge in [0.05, 0.1) is 0 Å². The zero-order valence-corrected chi connectivity index (χ0v) is 9.81. The van der Waals surface area contributed by atoms with Crippen molar-refractivity contribution in [2.45, 2.75) is 38.3 Å². The van der Waals surface area contributed by atoms with E-state index >= 15 is 0 Å². The Balaban J connectivity index is 1.90. The summed E-state index contributed by atoms with van der Waals surface area (Å²) >= 11 is 0. The molecule has 0 radical (unpaired) electrons. The SMILES string of the molecule is OCCCN(Cc1ccccc1)C1CCC1. The maximum absolute atomic E-state index is 8.93. The summed E-state index contributed by atoms with van der Waals surface area (Å²) in [5.74, 6) is 0. The van der Waals surface area contributed by atoms with Gasteiger partial charge in [0, 0.05) is 25.7 Å². The first-order chi connectivity index (χ1) is 7.90. The molecule has 1 aliphatic carbocycles. The topological polar surface area (TPSA) is 23.5 Å². The van der Waals surface area contributed by atoms with E-state index in [1.165, 1.54) is 24.8 Å². The average Bonchev–Trinajstić information content (AvgIpc) is 2.25. The largest absolute Gasteiger partial charge is 0.396 e. The number of hydrogen-bond donors (Lipinski definition) is 1. The van der Waals surface area contributed by atoms with Gasteiger partial charge in [-0.25, -0.2) is 0 Å². The molecule has 1 aromatic carbocycles. The van der Waals surface area contributed by atoms with Crippen LogP contribution in [0.4, 0.5) is 0 Å². The number of aliphatic hydroxyl groups is 1. The zero-order valence-electron chi connectivity index (χ0n) is 9.81. The predicted molar refractivity (Wildman–Crippen MR) is 66.2 cm³/mol. The molecule has 1 N–H and O–H groups in total. The first kappa shape index (κ1) is 11.6. The molecular formula is C14H21NO. The molecule has 0 heterocycles. The Morgan fingerprint density at radius 1 is 1.19 bits per heavy atom. The van der Waals surface area contributed by atoms with E-state index in [0.29, 0.717) is 6.61 Å². The molecule has 2 nitrogen and oxygen atoms in total. The Morgan fingerprint density at radius 2 is 1.94 bits per heavy atom. The third-order valence-electron chi connectivity index (χ3n) is 3.42. The Bertz CT molecular complexity index is 295. The van der Waals surface area contributed by atoms with Gasteiger partial charge in [0.2, 0.25) is 0 Å².